The molecule has 0 aliphatic heterocycles. The summed E-state index contributed by atoms with van der Waals surface area (Å²) < 4.78 is 0. The van der Waals surface area contributed by atoms with Crippen molar-refractivity contribution < 1.29 is 19.8 Å². The Morgan fingerprint density at radius 2 is 1.48 bits per heavy atom. The van der Waals surface area contributed by atoms with Crippen LogP contribution in [0.15, 0.2) is 54.1 Å². The average molecular weight is 393 g/mol. The first-order valence-electron chi connectivity index (χ1n) is 10.2. The van der Waals surface area contributed by atoms with Crippen LogP contribution in [0.2, 0.25) is 0 Å². The third-order valence-corrected chi connectivity index (χ3v) is 5.30. The van der Waals surface area contributed by atoms with Crippen molar-refractivity contribution in [3.8, 4) is 5.75 Å². The number of aliphatic hydroxyl groups is 1. The van der Waals surface area contributed by atoms with Gasteiger partial charge in [-0.25, -0.2) is 0 Å². The molecule has 0 aromatic heterocycles. The second-order valence-electron chi connectivity index (χ2n) is 7.33. The third-order valence-electron chi connectivity index (χ3n) is 5.30. The molecule has 3 N–H and O–H groups in total. The summed E-state index contributed by atoms with van der Waals surface area (Å²) in [6.45, 7) is 2.76. The number of ketones is 2. The van der Waals surface area contributed by atoms with Crippen molar-refractivity contribution in [3.05, 3.63) is 70.8 Å². The average Bonchev–Trinajstić information content (AvgIpc) is 2.74. The second-order valence-corrected chi connectivity index (χ2v) is 7.33. The Hall–Kier alpha value is -2.92. The van der Waals surface area contributed by atoms with E-state index >= 15 is 0 Å². The number of phenolic OH excluding ortho intramolecular Hbond substituents is 1. The first-order chi connectivity index (χ1) is 14.1. The summed E-state index contributed by atoms with van der Waals surface area (Å²) in [5, 5.41) is 24.6. The highest BCUT2D eigenvalue weighted by atomic mass is 16.3. The maximum Gasteiger partial charge on any atom is 0.235 e. The summed E-state index contributed by atoms with van der Waals surface area (Å²) in [5.41, 5.74) is 0.999. The predicted molar refractivity (Wildman–Crippen MR) is 113 cm³/mol. The SMILES string of the molecule is CCCCCCCNC(C1=C(O)c2ccccc2C(=O)C1=O)c1ccccc1O. The van der Waals surface area contributed by atoms with E-state index in [0.29, 0.717) is 17.7 Å². The molecular formula is C24H27NO4. The molecule has 1 unspecified atom stereocenters. The Labute approximate surface area is 171 Å². The van der Waals surface area contributed by atoms with Crippen molar-refractivity contribution >= 4 is 17.3 Å². The smallest absolute Gasteiger partial charge is 0.235 e. The number of carbonyl (C=O) groups excluding carboxylic acids is 2. The number of fused-ring (bicyclic) bond motifs is 1. The van der Waals surface area contributed by atoms with E-state index < -0.39 is 17.6 Å². The molecule has 0 amide bonds. The summed E-state index contributed by atoms with van der Waals surface area (Å²) in [6, 6.07) is 12.5. The number of hydrogen-bond donors (Lipinski definition) is 3. The van der Waals surface area contributed by atoms with Gasteiger partial charge in [0, 0.05) is 16.7 Å². The van der Waals surface area contributed by atoms with Crippen LogP contribution in [-0.4, -0.2) is 28.3 Å². The van der Waals surface area contributed by atoms with Crippen molar-refractivity contribution in [1.29, 1.82) is 0 Å². The van der Waals surface area contributed by atoms with E-state index in [9.17, 15) is 19.8 Å². The maximum absolute atomic E-state index is 12.9. The van der Waals surface area contributed by atoms with Crippen LogP contribution in [0.4, 0.5) is 0 Å². The molecule has 0 spiro atoms. The van der Waals surface area contributed by atoms with Crippen molar-refractivity contribution in [1.82, 2.24) is 5.32 Å². The van der Waals surface area contributed by atoms with Gasteiger partial charge in [0.1, 0.15) is 11.5 Å². The molecule has 152 valence electrons. The molecule has 2 aromatic rings. The first kappa shape index (κ1) is 20.8. The fourth-order valence-corrected chi connectivity index (χ4v) is 3.73. The highest BCUT2D eigenvalue weighted by Gasteiger charge is 2.37. The highest BCUT2D eigenvalue weighted by Crippen LogP contribution is 2.37. The van der Waals surface area contributed by atoms with Gasteiger partial charge in [0.25, 0.3) is 0 Å². The van der Waals surface area contributed by atoms with Crippen LogP contribution in [0.1, 0.15) is 66.6 Å². The molecule has 1 atom stereocenters. The number of para-hydroxylation sites is 1. The Morgan fingerprint density at radius 1 is 0.828 bits per heavy atom. The minimum Gasteiger partial charge on any atom is -0.508 e. The molecule has 0 saturated carbocycles. The predicted octanol–water partition coefficient (Wildman–Crippen LogP) is 4.73. The summed E-state index contributed by atoms with van der Waals surface area (Å²) in [4.78, 5) is 25.6. The molecule has 2 aromatic carbocycles. The van der Waals surface area contributed by atoms with Gasteiger partial charge in [-0.05, 0) is 19.0 Å². The maximum atomic E-state index is 12.9. The van der Waals surface area contributed by atoms with Crippen molar-refractivity contribution in [2.24, 2.45) is 0 Å². The van der Waals surface area contributed by atoms with E-state index in [2.05, 4.69) is 12.2 Å². The van der Waals surface area contributed by atoms with E-state index in [1.54, 1.807) is 42.5 Å². The lowest BCUT2D eigenvalue weighted by atomic mass is 9.83. The second kappa shape index (κ2) is 9.52. The summed E-state index contributed by atoms with van der Waals surface area (Å²) in [7, 11) is 0. The minimum absolute atomic E-state index is 0.00962. The number of carbonyl (C=O) groups is 2. The molecule has 3 rings (SSSR count). The van der Waals surface area contributed by atoms with Crippen LogP contribution in [0, 0.1) is 0 Å². The van der Waals surface area contributed by atoms with Gasteiger partial charge >= 0.3 is 0 Å². The Morgan fingerprint density at radius 3 is 2.21 bits per heavy atom. The molecule has 0 fully saturated rings. The normalized spacial score (nSPS) is 14.8. The van der Waals surface area contributed by atoms with Crippen LogP contribution in [0.3, 0.4) is 0 Å². The lowest BCUT2D eigenvalue weighted by Gasteiger charge is -2.26. The number of Topliss-reactive ketones (excluding diaryl/α,β-unsaturated/α-hetero) is 2. The monoisotopic (exact) mass is 393 g/mol. The molecule has 0 heterocycles. The summed E-state index contributed by atoms with van der Waals surface area (Å²) in [6.07, 6.45) is 5.42. The molecular weight excluding hydrogens is 366 g/mol. The Bertz CT molecular complexity index is 932. The van der Waals surface area contributed by atoms with Gasteiger partial charge in [-0.1, -0.05) is 75.1 Å². The van der Waals surface area contributed by atoms with E-state index in [4.69, 9.17) is 0 Å². The number of phenols is 1. The van der Waals surface area contributed by atoms with Gasteiger partial charge in [0.05, 0.1) is 11.6 Å². The van der Waals surface area contributed by atoms with Crippen LogP contribution in [0.5, 0.6) is 5.75 Å². The fourth-order valence-electron chi connectivity index (χ4n) is 3.73. The zero-order valence-electron chi connectivity index (χ0n) is 16.6. The van der Waals surface area contributed by atoms with Gasteiger partial charge < -0.3 is 15.5 Å². The van der Waals surface area contributed by atoms with Crippen LogP contribution < -0.4 is 5.32 Å². The summed E-state index contributed by atoms with van der Waals surface area (Å²) in [5.74, 6) is -1.58. The highest BCUT2D eigenvalue weighted by molar-refractivity contribution is 6.52. The molecule has 5 heteroatoms. The van der Waals surface area contributed by atoms with E-state index in [0.717, 1.165) is 25.7 Å². The van der Waals surface area contributed by atoms with E-state index in [1.165, 1.54) is 12.5 Å². The molecule has 0 bridgehead atoms. The van der Waals surface area contributed by atoms with Gasteiger partial charge in [-0.3, -0.25) is 9.59 Å². The fraction of sp³-hybridized carbons (Fsp3) is 0.333. The Balaban J connectivity index is 1.96. The lowest BCUT2D eigenvalue weighted by Crippen LogP contribution is -2.34. The Kier molecular flexibility index (Phi) is 6.83. The minimum atomic E-state index is -0.771. The number of aliphatic hydroxyl groups excluding tert-OH is 1. The number of hydrogen-bond acceptors (Lipinski definition) is 5. The third kappa shape index (κ3) is 4.40. The lowest BCUT2D eigenvalue weighted by molar-refractivity contribution is -0.112. The van der Waals surface area contributed by atoms with E-state index in [-0.39, 0.29) is 22.6 Å². The molecule has 29 heavy (non-hydrogen) atoms. The number of nitrogens with one attached hydrogen (secondary N) is 1. The first-order valence-corrected chi connectivity index (χ1v) is 10.2. The number of rotatable bonds is 9. The number of unbranched alkanes of at least 4 members (excludes halogenated alkanes) is 4. The quantitative estimate of drug-likeness (QED) is 0.424. The van der Waals surface area contributed by atoms with Crippen LogP contribution in [0.25, 0.3) is 5.76 Å². The zero-order chi connectivity index (χ0) is 20.8. The molecule has 0 saturated heterocycles. The van der Waals surface area contributed by atoms with Crippen molar-refractivity contribution in [3.63, 3.8) is 0 Å². The summed E-state index contributed by atoms with van der Waals surface area (Å²) >= 11 is 0. The van der Waals surface area contributed by atoms with Gasteiger partial charge in [0.15, 0.2) is 0 Å². The number of benzene rings is 2. The van der Waals surface area contributed by atoms with Gasteiger partial charge in [0.2, 0.25) is 11.6 Å². The van der Waals surface area contributed by atoms with E-state index in [1.807, 2.05) is 0 Å². The molecule has 5 nitrogen and oxygen atoms in total. The van der Waals surface area contributed by atoms with Crippen molar-refractivity contribution in [2.75, 3.05) is 6.54 Å². The largest absolute Gasteiger partial charge is 0.508 e. The molecule has 1 aliphatic carbocycles. The number of aromatic hydroxyl groups is 1. The van der Waals surface area contributed by atoms with Crippen LogP contribution in [-0.2, 0) is 4.79 Å². The van der Waals surface area contributed by atoms with Gasteiger partial charge in [-0.15, -0.1) is 0 Å². The molecule has 0 radical (unpaired) electrons. The zero-order valence-corrected chi connectivity index (χ0v) is 16.6. The molecule has 1 aliphatic rings. The standard InChI is InChI=1S/C24H27NO4/c1-2-3-4-5-10-15-25-21(18-13-8-9-14-19(18)26)20-22(27)16-11-6-7-12-17(16)23(28)24(20)29/h6-9,11-14,21,25-27H,2-5,10,15H2,1H3. The topological polar surface area (TPSA) is 86.6 Å². The van der Waals surface area contributed by atoms with Gasteiger partial charge in [-0.2, -0.15) is 0 Å². The van der Waals surface area contributed by atoms with Crippen LogP contribution >= 0.6 is 0 Å². The van der Waals surface area contributed by atoms with Crippen molar-refractivity contribution in [2.45, 2.75) is 45.1 Å².